The molecule has 82 valence electrons. The number of aromatic nitrogens is 2. The monoisotopic (exact) mass is 215 g/mol. The van der Waals surface area contributed by atoms with Gasteiger partial charge in [-0.15, -0.1) is 5.10 Å². The zero-order valence-corrected chi connectivity index (χ0v) is 9.27. The summed E-state index contributed by atoms with van der Waals surface area (Å²) in [6, 6.07) is 7.33. The van der Waals surface area contributed by atoms with Crippen molar-refractivity contribution in [1.29, 1.82) is 0 Å². The van der Waals surface area contributed by atoms with Gasteiger partial charge in [-0.2, -0.15) is 5.10 Å². The standard InChI is InChI=1S/C12H13N3O/c1-8-5-12(15-14-7-8)16-10-3-4-11(13)9(2)6-10/h3-7H,13H2,1-2H3. The molecule has 0 saturated heterocycles. The summed E-state index contributed by atoms with van der Waals surface area (Å²) in [6.07, 6.45) is 1.68. The average molecular weight is 215 g/mol. The molecule has 1 aromatic carbocycles. The molecule has 0 atom stereocenters. The minimum atomic E-state index is 0.490. The number of nitrogens with zero attached hydrogens (tertiary/aromatic N) is 2. The first kappa shape index (κ1) is 10.4. The lowest BCUT2D eigenvalue weighted by Crippen LogP contribution is -1.93. The van der Waals surface area contributed by atoms with Crippen LogP contribution >= 0.6 is 0 Å². The highest BCUT2D eigenvalue weighted by molar-refractivity contribution is 5.50. The van der Waals surface area contributed by atoms with E-state index in [-0.39, 0.29) is 0 Å². The van der Waals surface area contributed by atoms with Crippen molar-refractivity contribution in [3.05, 3.63) is 41.6 Å². The van der Waals surface area contributed by atoms with E-state index in [1.807, 2.05) is 38.1 Å². The van der Waals surface area contributed by atoms with Crippen LogP contribution in [0, 0.1) is 13.8 Å². The van der Waals surface area contributed by atoms with E-state index >= 15 is 0 Å². The van der Waals surface area contributed by atoms with Gasteiger partial charge >= 0.3 is 0 Å². The number of hydrogen-bond acceptors (Lipinski definition) is 4. The second kappa shape index (κ2) is 4.18. The molecular weight excluding hydrogens is 202 g/mol. The van der Waals surface area contributed by atoms with E-state index in [9.17, 15) is 0 Å². The van der Waals surface area contributed by atoms with Crippen molar-refractivity contribution in [2.24, 2.45) is 0 Å². The van der Waals surface area contributed by atoms with Crippen LogP contribution in [0.2, 0.25) is 0 Å². The molecule has 4 nitrogen and oxygen atoms in total. The fourth-order valence-electron chi connectivity index (χ4n) is 1.32. The molecule has 2 N–H and O–H groups in total. The number of anilines is 1. The van der Waals surface area contributed by atoms with Gasteiger partial charge in [0.05, 0.1) is 6.20 Å². The molecular formula is C12H13N3O. The number of nitrogen functional groups attached to an aromatic ring is 1. The van der Waals surface area contributed by atoms with E-state index in [1.54, 1.807) is 6.20 Å². The van der Waals surface area contributed by atoms with Crippen molar-refractivity contribution in [2.45, 2.75) is 13.8 Å². The van der Waals surface area contributed by atoms with Gasteiger partial charge in [0, 0.05) is 11.8 Å². The number of benzene rings is 1. The van der Waals surface area contributed by atoms with E-state index in [2.05, 4.69) is 10.2 Å². The number of rotatable bonds is 2. The summed E-state index contributed by atoms with van der Waals surface area (Å²) in [5, 5.41) is 7.70. The third-order valence-corrected chi connectivity index (χ3v) is 2.23. The molecule has 4 heteroatoms. The Morgan fingerprint density at radius 3 is 2.69 bits per heavy atom. The van der Waals surface area contributed by atoms with Crippen molar-refractivity contribution < 1.29 is 4.74 Å². The maximum absolute atomic E-state index is 5.72. The highest BCUT2D eigenvalue weighted by Crippen LogP contribution is 2.23. The normalized spacial score (nSPS) is 10.1. The zero-order valence-electron chi connectivity index (χ0n) is 9.27. The Hall–Kier alpha value is -2.10. The maximum Gasteiger partial charge on any atom is 0.239 e. The van der Waals surface area contributed by atoms with Crippen LogP contribution in [-0.4, -0.2) is 10.2 Å². The molecule has 0 bridgehead atoms. The van der Waals surface area contributed by atoms with Gasteiger partial charge in [-0.1, -0.05) is 0 Å². The Kier molecular flexibility index (Phi) is 2.72. The first-order valence-electron chi connectivity index (χ1n) is 4.98. The van der Waals surface area contributed by atoms with E-state index in [0.29, 0.717) is 11.6 Å². The zero-order chi connectivity index (χ0) is 11.5. The first-order chi connectivity index (χ1) is 7.65. The third-order valence-electron chi connectivity index (χ3n) is 2.23. The SMILES string of the molecule is Cc1cnnc(Oc2ccc(N)c(C)c2)c1. The fraction of sp³-hybridized carbons (Fsp3) is 0.167. The molecule has 0 spiro atoms. The molecule has 0 aliphatic carbocycles. The van der Waals surface area contributed by atoms with Gasteiger partial charge in [-0.05, 0) is 43.2 Å². The number of aryl methyl sites for hydroxylation is 2. The highest BCUT2D eigenvalue weighted by atomic mass is 16.5. The van der Waals surface area contributed by atoms with Crippen LogP contribution in [-0.2, 0) is 0 Å². The predicted molar refractivity (Wildman–Crippen MR) is 62.4 cm³/mol. The van der Waals surface area contributed by atoms with Crippen LogP contribution in [0.1, 0.15) is 11.1 Å². The van der Waals surface area contributed by atoms with Crippen LogP contribution in [0.5, 0.6) is 11.6 Å². The van der Waals surface area contributed by atoms with Gasteiger partial charge in [0.25, 0.3) is 0 Å². The summed E-state index contributed by atoms with van der Waals surface area (Å²) >= 11 is 0. The van der Waals surface area contributed by atoms with E-state index in [4.69, 9.17) is 10.5 Å². The molecule has 2 rings (SSSR count). The molecule has 0 unspecified atom stereocenters. The third kappa shape index (κ3) is 2.28. The summed E-state index contributed by atoms with van der Waals surface area (Å²) in [7, 11) is 0. The molecule has 0 fully saturated rings. The highest BCUT2D eigenvalue weighted by Gasteiger charge is 2.01. The summed E-state index contributed by atoms with van der Waals surface area (Å²) in [5.74, 6) is 1.20. The van der Waals surface area contributed by atoms with Crippen LogP contribution < -0.4 is 10.5 Å². The minimum absolute atomic E-state index is 0.490. The van der Waals surface area contributed by atoms with Crippen LogP contribution in [0.15, 0.2) is 30.5 Å². The molecule has 0 saturated carbocycles. The first-order valence-corrected chi connectivity index (χ1v) is 4.98. The van der Waals surface area contributed by atoms with Crippen molar-refractivity contribution in [3.8, 4) is 11.6 Å². The lowest BCUT2D eigenvalue weighted by Gasteiger charge is -2.06. The van der Waals surface area contributed by atoms with Crippen LogP contribution in [0.4, 0.5) is 5.69 Å². The molecule has 0 aliphatic heterocycles. The van der Waals surface area contributed by atoms with Crippen molar-refractivity contribution in [3.63, 3.8) is 0 Å². The molecule has 0 amide bonds. The lowest BCUT2D eigenvalue weighted by atomic mass is 10.2. The molecule has 16 heavy (non-hydrogen) atoms. The van der Waals surface area contributed by atoms with Gasteiger partial charge in [-0.3, -0.25) is 0 Å². The molecule has 1 heterocycles. The van der Waals surface area contributed by atoms with Crippen LogP contribution in [0.3, 0.4) is 0 Å². The van der Waals surface area contributed by atoms with Crippen LogP contribution in [0.25, 0.3) is 0 Å². The maximum atomic E-state index is 5.72. The summed E-state index contributed by atoms with van der Waals surface area (Å²) in [5.41, 5.74) is 8.47. The lowest BCUT2D eigenvalue weighted by molar-refractivity contribution is 0.454. The van der Waals surface area contributed by atoms with Gasteiger partial charge in [0.2, 0.25) is 5.88 Å². The van der Waals surface area contributed by atoms with Crippen molar-refractivity contribution in [2.75, 3.05) is 5.73 Å². The second-order valence-electron chi connectivity index (χ2n) is 3.69. The van der Waals surface area contributed by atoms with Gasteiger partial charge < -0.3 is 10.5 Å². The van der Waals surface area contributed by atoms with E-state index in [0.717, 1.165) is 16.8 Å². The Bertz CT molecular complexity index is 511. The molecule has 0 radical (unpaired) electrons. The van der Waals surface area contributed by atoms with E-state index in [1.165, 1.54) is 0 Å². The Morgan fingerprint density at radius 2 is 2.00 bits per heavy atom. The minimum Gasteiger partial charge on any atom is -0.438 e. The topological polar surface area (TPSA) is 61.0 Å². The molecule has 0 aliphatic rings. The van der Waals surface area contributed by atoms with Gasteiger partial charge in [0.1, 0.15) is 5.75 Å². The molecule has 2 aromatic rings. The largest absolute Gasteiger partial charge is 0.438 e. The summed E-state index contributed by atoms with van der Waals surface area (Å²) in [6.45, 7) is 3.87. The van der Waals surface area contributed by atoms with Gasteiger partial charge in [0.15, 0.2) is 0 Å². The second-order valence-corrected chi connectivity index (χ2v) is 3.69. The van der Waals surface area contributed by atoms with Crippen molar-refractivity contribution in [1.82, 2.24) is 10.2 Å². The average Bonchev–Trinajstić information content (AvgIpc) is 2.24. The van der Waals surface area contributed by atoms with E-state index < -0.39 is 0 Å². The summed E-state index contributed by atoms with van der Waals surface area (Å²) in [4.78, 5) is 0. The summed E-state index contributed by atoms with van der Waals surface area (Å²) < 4.78 is 5.57. The van der Waals surface area contributed by atoms with Crippen molar-refractivity contribution >= 4 is 5.69 Å². The van der Waals surface area contributed by atoms with Gasteiger partial charge in [-0.25, -0.2) is 0 Å². The Balaban J connectivity index is 2.24. The number of nitrogens with two attached hydrogens (primary N) is 1. The number of hydrogen-bond donors (Lipinski definition) is 1. The quantitative estimate of drug-likeness (QED) is 0.782. The smallest absolute Gasteiger partial charge is 0.239 e. The fourth-order valence-corrected chi connectivity index (χ4v) is 1.32. The Morgan fingerprint density at radius 1 is 1.19 bits per heavy atom. The number of ether oxygens (including phenoxy) is 1. The molecule has 1 aromatic heterocycles. The Labute approximate surface area is 94.1 Å². The predicted octanol–water partition coefficient (Wildman–Crippen LogP) is 2.47.